The lowest BCUT2D eigenvalue weighted by Crippen LogP contribution is -2.62. The molecule has 5 N–H and O–H groups in total. The van der Waals surface area contributed by atoms with Gasteiger partial charge in [0.1, 0.15) is 38.3 Å². The number of hydrogen-bond donors (Lipinski definition) is 5. The van der Waals surface area contributed by atoms with Crippen LogP contribution in [0.25, 0.3) is 54.5 Å². The van der Waals surface area contributed by atoms with E-state index >= 15 is 0 Å². The molecular formula is C110H95N15O20. The fourth-order valence-electron chi connectivity index (χ4n) is 20.1. The highest BCUT2D eigenvalue weighted by atomic mass is 16.7. The zero-order valence-corrected chi connectivity index (χ0v) is 75.3. The molecule has 15 aromatic rings. The number of nitrogens with one attached hydrogen (secondary N) is 5. The number of fused-ring (bicyclic) bond motifs is 25. The number of hydrogen-bond acceptors (Lipinski definition) is 20. The van der Waals surface area contributed by atoms with Gasteiger partial charge in [-0.1, -0.05) is 121 Å². The smallest absolute Gasteiger partial charge is 0.245 e. The van der Waals surface area contributed by atoms with Crippen molar-refractivity contribution >= 4 is 114 Å². The van der Waals surface area contributed by atoms with Gasteiger partial charge in [0.15, 0.2) is 57.5 Å². The number of para-hydroxylation sites is 5. The van der Waals surface area contributed by atoms with Gasteiger partial charge in [-0.05, 0) is 146 Å². The molecule has 0 radical (unpaired) electrons. The average Bonchev–Trinajstić information content (AvgIpc) is 1.46. The predicted octanol–water partition coefficient (Wildman–Crippen LogP) is 11.1. The molecule has 30 rings (SSSR count). The fraction of sp³-hybridized carbons (Fsp3) is 0.273. The Bertz CT molecular complexity index is 10800. The van der Waals surface area contributed by atoms with E-state index in [9.17, 15) is 54.8 Å². The van der Waals surface area contributed by atoms with Crippen molar-refractivity contribution in [1.29, 1.82) is 0 Å². The monoisotopic (exact) mass is 1990 g/mol. The van der Waals surface area contributed by atoms with E-state index in [2.05, 4.69) is 24.9 Å². The Morgan fingerprint density at radius 2 is 0.524 bits per heavy atom. The van der Waals surface area contributed by atoms with Crippen molar-refractivity contribution in [3.05, 3.63) is 296 Å². The number of aromatic nitrogens is 5. The Balaban J connectivity index is 0.000000113. The highest BCUT2D eigenvalue weighted by molar-refractivity contribution is 6.03. The molecule has 0 spiro atoms. The van der Waals surface area contributed by atoms with Gasteiger partial charge in [-0.3, -0.25) is 47.9 Å². The van der Waals surface area contributed by atoms with Gasteiger partial charge >= 0.3 is 0 Å². The van der Waals surface area contributed by atoms with Crippen LogP contribution < -0.4 is 47.4 Å². The van der Waals surface area contributed by atoms with Crippen LogP contribution in [0.3, 0.4) is 0 Å². The van der Waals surface area contributed by atoms with Crippen LogP contribution in [0.1, 0.15) is 176 Å². The van der Waals surface area contributed by atoms with Crippen molar-refractivity contribution in [2.24, 2.45) is 0 Å². The SMILES string of the molecule is [2H]c1c([2H])c(C2c3[nH]c4c([2H])c([2H])c([2H])c([2H])c4c3C[C@]3([2H])C(=O)N(C)C([2H])([2H])C(=O)N23)c([2H])c2c1OC([2H])([2H])O2.[2H]c1c([2H])c(C2c3[nH]c4c([2H])c([2H])c([2H])c([2H])c4c3C[C@]3([2H])C(=O)N(C)C([2H])([2H])C(=O)N23)c([2H])c2c1OCO2.[2H]c1c([2H])c(C2c3[nH]c4ccccc4c3C[C@]3([2H])C(=O)N(C)C([2H])([2H])C(=O)N23)c([2H])c2c1OC([2H])([2H])O2.[2H]c1c([2H])c(C2c3[nH]c4ccccc4c3C[C@]3([2H])C(=O)N(C)C([2H])([2H])C(=O)N23)c([2H])c2c1OCO2.[2H]c1c([2H])c([2H])c2c3c([nH]c2c1[2H])C(c1ccc2c(c1)OC([2H])([2H])O2)N1C(=O)C([2H])([2H])N(C)C(=O)[C@@]1([2H])C3. The minimum absolute atomic E-state index is 0.00131. The third-order valence-corrected chi connectivity index (χ3v) is 26.5. The fourth-order valence-corrected chi connectivity index (χ4v) is 20.1. The molecule has 730 valence electrons. The molecule has 0 saturated carbocycles. The molecule has 10 aromatic carbocycles. The van der Waals surface area contributed by atoms with Crippen molar-refractivity contribution in [3.63, 3.8) is 0 Å². The summed E-state index contributed by atoms with van der Waals surface area (Å²) in [6.07, 6.45) is -2.15. The predicted molar refractivity (Wildman–Crippen MR) is 523 cm³/mol. The molecule has 10 amide bonds. The van der Waals surface area contributed by atoms with Crippen LogP contribution in [-0.2, 0) is 80.0 Å². The van der Waals surface area contributed by atoms with Crippen LogP contribution in [0.4, 0.5) is 0 Å². The van der Waals surface area contributed by atoms with Gasteiger partial charge in [0.25, 0.3) is 0 Å². The topological polar surface area (TPSA) is 374 Å². The Kier molecular flexibility index (Phi) is 12.3. The number of carbonyl (C=O) groups is 10. The summed E-state index contributed by atoms with van der Waals surface area (Å²) >= 11 is 0. The maximum atomic E-state index is 13.7. The third-order valence-electron chi connectivity index (χ3n) is 26.5. The number of carbonyl (C=O) groups excluding carboxylic acids is 10. The Morgan fingerprint density at radius 1 is 0.269 bits per heavy atom. The van der Waals surface area contributed by atoms with E-state index in [4.69, 9.17) is 102 Å². The molecule has 5 saturated heterocycles. The molecule has 20 heterocycles. The Hall–Kier alpha value is -17.4. The van der Waals surface area contributed by atoms with Crippen molar-refractivity contribution in [2.45, 2.75) is 92.4 Å². The quantitative estimate of drug-likeness (QED) is 0.107. The maximum Gasteiger partial charge on any atom is 0.245 e. The van der Waals surface area contributed by atoms with Crippen molar-refractivity contribution in [1.82, 2.24) is 73.9 Å². The van der Waals surface area contributed by atoms with E-state index in [1.54, 1.807) is 48.5 Å². The van der Waals surface area contributed by atoms with Crippen LogP contribution in [0.15, 0.2) is 212 Å². The summed E-state index contributed by atoms with van der Waals surface area (Å²) in [6.45, 7) is -22.8. The van der Waals surface area contributed by atoms with Crippen LogP contribution in [0.5, 0.6) is 57.5 Å². The van der Waals surface area contributed by atoms with E-state index in [0.29, 0.717) is 72.9 Å². The van der Waals surface area contributed by atoms with E-state index in [1.165, 1.54) is 18.2 Å². The molecule has 15 aliphatic heterocycles. The first-order valence-electron chi connectivity index (χ1n) is 66.8. The number of piperazine rings is 5. The molecule has 5 aromatic heterocycles. The van der Waals surface area contributed by atoms with Crippen LogP contribution in [0, 0.1) is 0 Å². The van der Waals surface area contributed by atoms with E-state index in [0.717, 1.165) is 49.9 Å². The summed E-state index contributed by atoms with van der Waals surface area (Å²) in [6, 6.07) is -14.2. The first-order valence-corrected chi connectivity index (χ1v) is 44.3. The summed E-state index contributed by atoms with van der Waals surface area (Å²) < 4.78 is 430. The lowest BCUT2D eigenvalue weighted by molar-refractivity contribution is -0.157. The number of H-pyrrole nitrogens is 5. The molecular weight excluding hydrogens is 1850 g/mol. The molecule has 5 unspecified atom stereocenters. The van der Waals surface area contributed by atoms with Crippen molar-refractivity contribution in [2.75, 3.05) is 102 Å². The molecule has 10 atom stereocenters. The van der Waals surface area contributed by atoms with Gasteiger partial charge in [0.05, 0.1) is 116 Å². The normalized spacial score (nSPS) is 32.6. The van der Waals surface area contributed by atoms with Crippen LogP contribution >= 0.6 is 0 Å². The second kappa shape index (κ2) is 33.9. The zero-order chi connectivity index (χ0) is 138. The van der Waals surface area contributed by atoms with Gasteiger partial charge < -0.3 is 121 Å². The number of amides is 10. The van der Waals surface area contributed by atoms with Gasteiger partial charge in [-0.15, -0.1) is 0 Å². The molecule has 15 aliphatic rings. The highest BCUT2D eigenvalue weighted by Crippen LogP contribution is 2.53. The van der Waals surface area contributed by atoms with E-state index < -0.39 is 341 Å². The summed E-state index contributed by atoms with van der Waals surface area (Å²) in [5.41, 5.74) is 1.86. The number of nitrogens with zero attached hydrogens (tertiary/aromatic N) is 10. The molecule has 35 nitrogen and oxygen atoms in total. The minimum Gasteiger partial charge on any atom is -0.454 e. The maximum absolute atomic E-state index is 13.7. The molecule has 0 aliphatic carbocycles. The van der Waals surface area contributed by atoms with Crippen LogP contribution in [-0.4, -0.2) is 265 Å². The highest BCUT2D eigenvalue weighted by Gasteiger charge is 2.55. The van der Waals surface area contributed by atoms with Gasteiger partial charge in [-0.25, -0.2) is 0 Å². The standard InChI is InChI=1S/5C22H19N3O4/c5*1-24-10-19(26)25-16(22(24)27)9-14-13-4-2-3-5-15(13)23-20(14)21(25)12-6-7-17-18(8-12)29-11-28-17/h5*2-8,16,21,23H,9-11H2,1H3/t5*16-,21?/m11111/s1/i2D,3D,4D,5D,6D,7D,8D,10D2,11D2,16D;2D,3D,4D,5D,6D,7D,8D,10D2,16D;2D,3D,4D,5D,10D2,11D2,16D;6D,7D,8D,10D2,11D2,16D;6D,7D,8D,10D2,16D. The van der Waals surface area contributed by atoms with E-state index in [1.807, 2.05) is 0 Å². The Labute approximate surface area is 890 Å². The second-order valence-corrected chi connectivity index (χ2v) is 34.5. The summed E-state index contributed by atoms with van der Waals surface area (Å²) in [7, 11) is 5.36. The number of rotatable bonds is 5. The molecule has 5 fully saturated rings. The summed E-state index contributed by atoms with van der Waals surface area (Å²) in [5, 5.41) is 1.29. The van der Waals surface area contributed by atoms with Crippen LogP contribution in [0.2, 0.25) is 0 Å². The largest absolute Gasteiger partial charge is 0.454 e. The first-order chi connectivity index (χ1) is 88.3. The molecule has 35 heteroatoms. The zero-order valence-electron chi connectivity index (χ0n) is 120. The number of benzene rings is 10. The first kappa shape index (κ1) is 52.4. The van der Waals surface area contributed by atoms with Crippen molar-refractivity contribution < 1.29 is 157 Å². The van der Waals surface area contributed by atoms with Gasteiger partial charge in [0.2, 0.25) is 92.9 Å². The number of ether oxygens (including phenoxy) is 10. The van der Waals surface area contributed by atoms with E-state index in [-0.39, 0.29) is 180 Å². The number of likely N-dealkylation sites (N-methyl/N-ethyl adjacent to an activating group) is 5. The van der Waals surface area contributed by atoms with Crippen molar-refractivity contribution in [3.8, 4) is 57.5 Å². The lowest BCUT2D eigenvalue weighted by atomic mass is 9.86. The Morgan fingerprint density at radius 3 is 0.855 bits per heavy atom. The average molecular weight is 1990 g/mol. The second-order valence-electron chi connectivity index (χ2n) is 34.5. The van der Waals surface area contributed by atoms with Gasteiger partial charge in [-0.2, -0.15) is 0 Å². The molecule has 145 heavy (non-hydrogen) atoms. The molecule has 0 bridgehead atoms. The minimum atomic E-state index is -2.98. The lowest BCUT2D eigenvalue weighted by Gasteiger charge is -2.46. The number of aromatic amines is 5. The summed E-state index contributed by atoms with van der Waals surface area (Å²) in [5.74, 6) is -14.0. The van der Waals surface area contributed by atoms with Gasteiger partial charge in [0, 0.05) is 150 Å². The third kappa shape index (κ3) is 14.2. The summed E-state index contributed by atoms with van der Waals surface area (Å²) in [4.78, 5) is 157.